The molecule has 3 rings (SSSR count). The number of hydrogen-bond acceptors (Lipinski definition) is 6. The fourth-order valence-electron chi connectivity index (χ4n) is 2.62. The molecule has 6 heteroatoms. The van der Waals surface area contributed by atoms with Crippen LogP contribution in [0.1, 0.15) is 31.2 Å². The Labute approximate surface area is 166 Å². The van der Waals surface area contributed by atoms with Gasteiger partial charge in [0.15, 0.2) is 5.78 Å². The molecule has 0 unspecified atom stereocenters. The first-order chi connectivity index (χ1) is 13.5. The number of pyridine rings is 1. The van der Waals surface area contributed by atoms with Gasteiger partial charge in [-0.15, -0.1) is 11.3 Å². The van der Waals surface area contributed by atoms with E-state index < -0.39 is 5.97 Å². The zero-order chi connectivity index (χ0) is 20.1. The lowest BCUT2D eigenvalue weighted by atomic mass is 10.1. The molecule has 0 bridgehead atoms. The van der Waals surface area contributed by atoms with Crippen molar-refractivity contribution in [2.45, 2.75) is 6.92 Å². The van der Waals surface area contributed by atoms with Gasteiger partial charge in [0.05, 0.1) is 7.11 Å². The second-order valence-electron chi connectivity index (χ2n) is 5.99. The van der Waals surface area contributed by atoms with Gasteiger partial charge in [-0.25, -0.2) is 9.78 Å². The molecule has 2 heterocycles. The van der Waals surface area contributed by atoms with Crippen LogP contribution < -0.4 is 4.74 Å². The van der Waals surface area contributed by atoms with Gasteiger partial charge in [-0.2, -0.15) is 0 Å². The van der Waals surface area contributed by atoms with Crippen molar-refractivity contribution in [3.63, 3.8) is 0 Å². The Balaban J connectivity index is 1.79. The molecule has 5 nitrogen and oxygen atoms in total. The van der Waals surface area contributed by atoms with Crippen LogP contribution in [0.25, 0.3) is 16.3 Å². The van der Waals surface area contributed by atoms with Crippen LogP contribution in [0.5, 0.6) is 5.75 Å². The maximum atomic E-state index is 12.5. The normalized spacial score (nSPS) is 10.9. The summed E-state index contributed by atoms with van der Waals surface area (Å²) in [6.45, 7) is 5.88. The minimum Gasteiger partial charge on any atom is -0.490 e. The number of aromatic nitrogens is 1. The molecule has 0 aliphatic rings. The van der Waals surface area contributed by atoms with Crippen LogP contribution in [0.2, 0.25) is 0 Å². The Bertz CT molecular complexity index is 1060. The zero-order valence-corrected chi connectivity index (χ0v) is 16.4. The van der Waals surface area contributed by atoms with Gasteiger partial charge >= 0.3 is 5.97 Å². The van der Waals surface area contributed by atoms with Gasteiger partial charge in [0.25, 0.3) is 0 Å². The number of nitrogens with zero attached hydrogens (tertiary/aromatic N) is 1. The minimum atomic E-state index is -0.395. The monoisotopic (exact) mass is 393 g/mol. The van der Waals surface area contributed by atoms with E-state index in [1.807, 2.05) is 31.2 Å². The Kier molecular flexibility index (Phi) is 6.01. The topological polar surface area (TPSA) is 65.5 Å². The van der Waals surface area contributed by atoms with Crippen LogP contribution in [0, 0.1) is 6.92 Å². The number of carbonyl (C=O) groups excluding carboxylic acids is 2. The highest BCUT2D eigenvalue weighted by molar-refractivity contribution is 7.20. The van der Waals surface area contributed by atoms with E-state index in [0.29, 0.717) is 21.9 Å². The molecule has 28 heavy (non-hydrogen) atoms. The first-order valence-corrected chi connectivity index (χ1v) is 9.38. The number of ether oxygens (including phenoxy) is 2. The number of benzene rings is 1. The lowest BCUT2D eigenvalue weighted by Crippen LogP contribution is -1.99. The summed E-state index contributed by atoms with van der Waals surface area (Å²) in [5, 5.41) is 0.786. The molecule has 1 aromatic carbocycles. The predicted molar refractivity (Wildman–Crippen MR) is 111 cm³/mol. The van der Waals surface area contributed by atoms with Crippen LogP contribution in [0.4, 0.5) is 0 Å². The number of allylic oxidation sites excluding steroid dienone is 1. The number of carbonyl (C=O) groups is 2. The first-order valence-electron chi connectivity index (χ1n) is 8.57. The van der Waals surface area contributed by atoms with Gasteiger partial charge in [0, 0.05) is 17.1 Å². The number of hydrogen-bond donors (Lipinski definition) is 0. The number of ketones is 1. The molecule has 0 fully saturated rings. The predicted octanol–water partition coefficient (Wildman–Crippen LogP) is 4.85. The molecule has 0 aliphatic heterocycles. The summed E-state index contributed by atoms with van der Waals surface area (Å²) < 4.78 is 10.2. The van der Waals surface area contributed by atoms with Crippen LogP contribution in [0.3, 0.4) is 0 Å². The molecule has 0 aliphatic carbocycles. The van der Waals surface area contributed by atoms with Gasteiger partial charge < -0.3 is 9.47 Å². The molecule has 0 spiro atoms. The third-order valence-electron chi connectivity index (χ3n) is 4.12. The van der Waals surface area contributed by atoms with Gasteiger partial charge in [-0.1, -0.05) is 30.9 Å². The third kappa shape index (κ3) is 4.18. The van der Waals surface area contributed by atoms with Gasteiger partial charge in [0.1, 0.15) is 22.1 Å². The molecule has 3 aromatic rings. The summed E-state index contributed by atoms with van der Waals surface area (Å²) in [5.74, 6) is 0.188. The van der Waals surface area contributed by atoms with Crippen molar-refractivity contribution in [2.24, 2.45) is 0 Å². The molecule has 0 atom stereocenters. The Hall–Kier alpha value is -3.25. The van der Waals surface area contributed by atoms with Crippen molar-refractivity contribution in [1.29, 1.82) is 0 Å². The lowest BCUT2D eigenvalue weighted by Gasteiger charge is -2.02. The molecule has 0 N–H and O–H groups in total. The van der Waals surface area contributed by atoms with Crippen molar-refractivity contribution in [3.05, 3.63) is 76.8 Å². The Morgan fingerprint density at radius 1 is 1.25 bits per heavy atom. The van der Waals surface area contributed by atoms with Crippen LogP contribution >= 0.6 is 11.3 Å². The van der Waals surface area contributed by atoms with Crippen LogP contribution in [0.15, 0.2) is 55.3 Å². The van der Waals surface area contributed by atoms with Crippen molar-refractivity contribution in [3.8, 4) is 5.75 Å². The maximum Gasteiger partial charge on any atom is 0.348 e. The van der Waals surface area contributed by atoms with E-state index in [4.69, 9.17) is 9.47 Å². The highest BCUT2D eigenvalue weighted by Crippen LogP contribution is 2.30. The fourth-order valence-corrected chi connectivity index (χ4v) is 3.67. The average molecular weight is 393 g/mol. The number of fused-ring (bicyclic) bond motifs is 1. The van der Waals surface area contributed by atoms with Gasteiger partial charge in [-0.05, 0) is 42.3 Å². The van der Waals surface area contributed by atoms with Crippen molar-refractivity contribution >= 4 is 39.4 Å². The third-order valence-corrected chi connectivity index (χ3v) is 5.32. The Morgan fingerprint density at radius 2 is 2.00 bits per heavy atom. The molecule has 0 radical (unpaired) electrons. The number of thiophene rings is 1. The quantitative estimate of drug-likeness (QED) is 0.248. The second-order valence-corrected chi connectivity index (χ2v) is 6.99. The highest BCUT2D eigenvalue weighted by atomic mass is 32.1. The van der Waals surface area contributed by atoms with E-state index in [2.05, 4.69) is 11.6 Å². The smallest absolute Gasteiger partial charge is 0.348 e. The van der Waals surface area contributed by atoms with Gasteiger partial charge in [-0.3, -0.25) is 4.79 Å². The maximum absolute atomic E-state index is 12.5. The minimum absolute atomic E-state index is 0.161. The molecular weight excluding hydrogens is 374 g/mol. The standard InChI is InChI=1S/C22H19NO4S/c1-4-11-27-17-8-5-15(6-9-17)7-10-19(24)16-12-18-14(2)20(22(25)26-3)28-21(18)23-13-16/h4-10,12-13H,1,11H2,2-3H3/b10-7+. The largest absolute Gasteiger partial charge is 0.490 e. The number of rotatable bonds is 7. The molecule has 0 saturated heterocycles. The van der Waals surface area contributed by atoms with Crippen LogP contribution in [-0.2, 0) is 4.74 Å². The SMILES string of the molecule is C=CCOc1ccc(/C=C/C(=O)c2cnc3sc(C(=O)OC)c(C)c3c2)cc1. The number of methoxy groups -OCH3 is 1. The number of esters is 1. The van der Waals surface area contributed by atoms with E-state index in [1.54, 1.807) is 18.2 Å². The van der Waals surface area contributed by atoms with Crippen molar-refractivity contribution < 1.29 is 19.1 Å². The van der Waals surface area contributed by atoms with E-state index in [9.17, 15) is 9.59 Å². The van der Waals surface area contributed by atoms with E-state index in [-0.39, 0.29) is 5.78 Å². The second kappa shape index (κ2) is 8.63. The molecular formula is C22H19NO4S. The molecule has 2 aromatic heterocycles. The fraction of sp³-hybridized carbons (Fsp3) is 0.136. The van der Waals surface area contributed by atoms with E-state index >= 15 is 0 Å². The van der Waals surface area contributed by atoms with Crippen molar-refractivity contribution in [2.75, 3.05) is 13.7 Å². The average Bonchev–Trinajstić information content (AvgIpc) is 3.06. The summed E-state index contributed by atoms with van der Waals surface area (Å²) in [4.78, 5) is 29.9. The zero-order valence-electron chi connectivity index (χ0n) is 15.6. The molecule has 0 saturated carbocycles. The van der Waals surface area contributed by atoms with Gasteiger partial charge in [0.2, 0.25) is 0 Å². The van der Waals surface area contributed by atoms with Crippen molar-refractivity contribution in [1.82, 2.24) is 4.98 Å². The summed E-state index contributed by atoms with van der Waals surface area (Å²) >= 11 is 1.26. The van der Waals surface area contributed by atoms with E-state index in [0.717, 1.165) is 22.3 Å². The Morgan fingerprint density at radius 3 is 2.68 bits per heavy atom. The molecule has 0 amide bonds. The van der Waals surface area contributed by atoms with E-state index in [1.165, 1.54) is 30.7 Å². The van der Waals surface area contributed by atoms with Crippen LogP contribution in [-0.4, -0.2) is 30.5 Å². The lowest BCUT2D eigenvalue weighted by molar-refractivity contribution is 0.0605. The summed E-state index contributed by atoms with van der Waals surface area (Å²) in [7, 11) is 1.34. The summed E-state index contributed by atoms with van der Waals surface area (Å²) in [6, 6.07) is 9.18. The molecule has 142 valence electrons. The summed E-state index contributed by atoms with van der Waals surface area (Å²) in [6.07, 6.45) is 6.45. The first kappa shape index (κ1) is 19.5. The number of aryl methyl sites for hydroxylation is 1. The summed E-state index contributed by atoms with van der Waals surface area (Å²) in [5.41, 5.74) is 2.12. The highest BCUT2D eigenvalue weighted by Gasteiger charge is 2.17.